The molecule has 1 aromatic rings. The van der Waals surface area contributed by atoms with Crippen LogP contribution in [0.3, 0.4) is 0 Å². The van der Waals surface area contributed by atoms with Crippen LogP contribution < -0.4 is 4.74 Å². The Morgan fingerprint density at radius 2 is 2.00 bits per heavy atom. The number of hydrogen-bond donors (Lipinski definition) is 0. The number of nitro benzene ring substituents is 1. The molecular formula is C14H16Cl2N2O6S. The number of benzene rings is 1. The predicted molar refractivity (Wildman–Crippen MR) is 90.7 cm³/mol. The van der Waals surface area contributed by atoms with E-state index in [1.165, 1.54) is 16.4 Å². The van der Waals surface area contributed by atoms with Crippen LogP contribution in [0.4, 0.5) is 5.69 Å². The second-order valence-corrected chi connectivity index (χ2v) is 9.36. The van der Waals surface area contributed by atoms with Crippen LogP contribution in [0.1, 0.15) is 6.42 Å². The summed E-state index contributed by atoms with van der Waals surface area (Å²) in [6, 6.07) is 3.61. The van der Waals surface area contributed by atoms with Crippen LogP contribution in [0.2, 0.25) is 0 Å². The Hall–Kier alpha value is -1.13. The minimum Gasteiger partial charge on any atom is -0.486 e. The summed E-state index contributed by atoms with van der Waals surface area (Å²) in [6.07, 6.45) is 0.549. The summed E-state index contributed by atoms with van der Waals surface area (Å²) < 4.78 is 36.2. The first-order chi connectivity index (χ1) is 11.7. The topological polar surface area (TPSA) is 99.0 Å². The SMILES string of the molecule is O=[N+]([O-])c1cc(S(=O)(=O)N2CCOCC2)ccc1OC[C@@H]1CC1(Cl)Cl. The van der Waals surface area contributed by atoms with Gasteiger partial charge in [-0.15, -0.1) is 23.2 Å². The van der Waals surface area contributed by atoms with Crippen molar-refractivity contribution in [2.24, 2.45) is 5.92 Å². The highest BCUT2D eigenvalue weighted by Gasteiger charge is 2.52. The standard InChI is InChI=1S/C14H16Cl2N2O6S/c15-14(16)8-10(14)9-24-13-2-1-11(7-12(13)18(19)20)25(21,22)17-3-5-23-6-4-17/h1-2,7,10H,3-6,8-9H2/t10-/m0/s1. The molecule has 2 aliphatic rings. The van der Waals surface area contributed by atoms with Crippen molar-refractivity contribution in [2.45, 2.75) is 15.6 Å². The van der Waals surface area contributed by atoms with Crippen molar-refractivity contribution in [3.63, 3.8) is 0 Å². The molecule has 1 heterocycles. The largest absolute Gasteiger partial charge is 0.486 e. The monoisotopic (exact) mass is 410 g/mol. The summed E-state index contributed by atoms with van der Waals surface area (Å²) >= 11 is 11.8. The summed E-state index contributed by atoms with van der Waals surface area (Å²) in [5.74, 6) is -0.117. The van der Waals surface area contributed by atoms with E-state index >= 15 is 0 Å². The van der Waals surface area contributed by atoms with Crippen molar-refractivity contribution in [3.05, 3.63) is 28.3 Å². The Balaban J connectivity index is 1.82. The van der Waals surface area contributed by atoms with Gasteiger partial charge < -0.3 is 9.47 Å². The molecule has 1 aromatic carbocycles. The zero-order valence-corrected chi connectivity index (χ0v) is 15.4. The highest BCUT2D eigenvalue weighted by Crippen LogP contribution is 2.53. The average Bonchev–Trinajstić information content (AvgIpc) is 3.20. The smallest absolute Gasteiger partial charge is 0.312 e. The van der Waals surface area contributed by atoms with Crippen LogP contribution in [0.25, 0.3) is 0 Å². The molecule has 1 aliphatic carbocycles. The van der Waals surface area contributed by atoms with E-state index in [0.717, 1.165) is 6.07 Å². The third-order valence-electron chi connectivity index (χ3n) is 4.13. The molecule has 3 rings (SSSR count). The van der Waals surface area contributed by atoms with Crippen LogP contribution in [-0.4, -0.2) is 54.9 Å². The van der Waals surface area contributed by atoms with Crippen LogP contribution >= 0.6 is 23.2 Å². The zero-order valence-electron chi connectivity index (χ0n) is 13.1. The van der Waals surface area contributed by atoms with E-state index in [-0.39, 0.29) is 36.3 Å². The van der Waals surface area contributed by atoms with Crippen molar-refractivity contribution in [1.82, 2.24) is 4.31 Å². The van der Waals surface area contributed by atoms with Crippen LogP contribution in [0.5, 0.6) is 5.75 Å². The molecule has 1 saturated heterocycles. The van der Waals surface area contributed by atoms with E-state index in [1.54, 1.807) is 0 Å². The number of nitrogens with zero attached hydrogens (tertiary/aromatic N) is 2. The van der Waals surface area contributed by atoms with Crippen molar-refractivity contribution >= 4 is 38.9 Å². The lowest BCUT2D eigenvalue weighted by atomic mass is 10.3. The third kappa shape index (κ3) is 4.01. The predicted octanol–water partition coefficient (Wildman–Crippen LogP) is 2.19. The van der Waals surface area contributed by atoms with Crippen molar-refractivity contribution in [1.29, 1.82) is 0 Å². The molecule has 0 amide bonds. The number of hydrogen-bond acceptors (Lipinski definition) is 6. The lowest BCUT2D eigenvalue weighted by Gasteiger charge is -2.26. The van der Waals surface area contributed by atoms with Gasteiger partial charge in [0, 0.05) is 25.1 Å². The van der Waals surface area contributed by atoms with Gasteiger partial charge in [0.25, 0.3) is 0 Å². The Kier molecular flexibility index (Phi) is 5.13. The van der Waals surface area contributed by atoms with Gasteiger partial charge in [0.05, 0.1) is 29.6 Å². The van der Waals surface area contributed by atoms with Gasteiger partial charge in [-0.05, 0) is 18.6 Å². The fourth-order valence-corrected chi connectivity index (χ4v) is 4.43. The van der Waals surface area contributed by atoms with Crippen molar-refractivity contribution in [2.75, 3.05) is 32.9 Å². The van der Waals surface area contributed by atoms with Crippen LogP contribution in [0.15, 0.2) is 23.1 Å². The van der Waals surface area contributed by atoms with E-state index in [4.69, 9.17) is 32.7 Å². The molecule has 138 valence electrons. The second kappa shape index (κ2) is 6.88. The molecule has 11 heteroatoms. The number of ether oxygens (including phenoxy) is 2. The Labute approximate surface area is 154 Å². The number of halogens is 2. The Bertz CT molecular complexity index is 780. The molecule has 0 radical (unpaired) electrons. The second-order valence-electron chi connectivity index (χ2n) is 5.88. The molecule has 0 unspecified atom stereocenters. The molecule has 8 nitrogen and oxygen atoms in total. The average molecular weight is 411 g/mol. The summed E-state index contributed by atoms with van der Waals surface area (Å²) in [5, 5.41) is 11.3. The first-order valence-electron chi connectivity index (χ1n) is 7.59. The molecule has 1 atom stereocenters. The molecule has 0 aromatic heterocycles. The van der Waals surface area contributed by atoms with Crippen LogP contribution in [0, 0.1) is 16.0 Å². The summed E-state index contributed by atoms with van der Waals surface area (Å²) in [7, 11) is -3.82. The zero-order chi connectivity index (χ0) is 18.2. The molecule has 0 spiro atoms. The van der Waals surface area contributed by atoms with E-state index in [2.05, 4.69) is 0 Å². The van der Waals surface area contributed by atoms with Gasteiger partial charge in [-0.1, -0.05) is 0 Å². The van der Waals surface area contributed by atoms with Gasteiger partial charge >= 0.3 is 5.69 Å². The number of sulfonamides is 1. The van der Waals surface area contributed by atoms with E-state index in [0.29, 0.717) is 19.6 Å². The lowest BCUT2D eigenvalue weighted by molar-refractivity contribution is -0.386. The van der Waals surface area contributed by atoms with Gasteiger partial charge in [-0.3, -0.25) is 10.1 Å². The van der Waals surface area contributed by atoms with E-state index in [9.17, 15) is 18.5 Å². The lowest BCUT2D eigenvalue weighted by Crippen LogP contribution is -2.40. The molecule has 0 bridgehead atoms. The highest BCUT2D eigenvalue weighted by atomic mass is 35.5. The number of rotatable bonds is 6. The maximum Gasteiger partial charge on any atom is 0.312 e. The van der Waals surface area contributed by atoms with Gasteiger partial charge in [-0.2, -0.15) is 4.31 Å². The van der Waals surface area contributed by atoms with Crippen molar-refractivity contribution < 1.29 is 22.8 Å². The maximum absolute atomic E-state index is 12.6. The summed E-state index contributed by atoms with van der Waals surface area (Å²) in [6.45, 7) is 1.14. The van der Waals surface area contributed by atoms with E-state index < -0.39 is 25.0 Å². The fourth-order valence-electron chi connectivity index (χ4n) is 2.50. The van der Waals surface area contributed by atoms with E-state index in [1.807, 2.05) is 0 Å². The van der Waals surface area contributed by atoms with Crippen molar-refractivity contribution in [3.8, 4) is 5.75 Å². The quantitative estimate of drug-likeness (QED) is 0.404. The minimum atomic E-state index is -3.82. The maximum atomic E-state index is 12.6. The Morgan fingerprint density at radius 1 is 1.36 bits per heavy atom. The molecule has 1 saturated carbocycles. The normalized spacial score (nSPS) is 23.2. The molecule has 1 aliphatic heterocycles. The van der Waals surface area contributed by atoms with Crippen LogP contribution in [-0.2, 0) is 14.8 Å². The molecule has 2 fully saturated rings. The Morgan fingerprint density at radius 3 is 2.56 bits per heavy atom. The van der Waals surface area contributed by atoms with Gasteiger partial charge in [0.1, 0.15) is 4.33 Å². The highest BCUT2D eigenvalue weighted by molar-refractivity contribution is 7.89. The number of nitro groups is 1. The minimum absolute atomic E-state index is 0.0121. The first-order valence-corrected chi connectivity index (χ1v) is 9.78. The summed E-state index contributed by atoms with van der Waals surface area (Å²) in [5.41, 5.74) is -0.412. The number of alkyl halides is 2. The molecule has 25 heavy (non-hydrogen) atoms. The molecule has 0 N–H and O–H groups in total. The van der Waals surface area contributed by atoms with Gasteiger partial charge in [-0.25, -0.2) is 8.42 Å². The first kappa shape index (κ1) is 18.7. The summed E-state index contributed by atoms with van der Waals surface area (Å²) in [4.78, 5) is 10.5. The van der Waals surface area contributed by atoms with Gasteiger partial charge in [0.15, 0.2) is 5.75 Å². The number of morpholine rings is 1. The third-order valence-corrected chi connectivity index (χ3v) is 6.95. The fraction of sp³-hybridized carbons (Fsp3) is 0.571. The molecular weight excluding hydrogens is 395 g/mol. The van der Waals surface area contributed by atoms with Gasteiger partial charge in [0.2, 0.25) is 10.0 Å².